The number of nitrogens with one attached hydrogen (secondary N) is 4. The van der Waals surface area contributed by atoms with Crippen LogP contribution in [0, 0.1) is 0 Å². The lowest BCUT2D eigenvalue weighted by Crippen LogP contribution is -2.54. The number of imide groups is 1. The molecule has 300 valence electrons. The van der Waals surface area contributed by atoms with Gasteiger partial charge in [-0.1, -0.05) is 42.5 Å². The normalized spacial score (nSPS) is 13.8. The van der Waals surface area contributed by atoms with E-state index in [0.29, 0.717) is 29.6 Å². The molecule has 0 spiro atoms. The number of aliphatic carboxylic acids is 2. The van der Waals surface area contributed by atoms with Gasteiger partial charge in [0.15, 0.2) is 0 Å². The van der Waals surface area contributed by atoms with Gasteiger partial charge in [0, 0.05) is 67.6 Å². The quantitative estimate of drug-likeness (QED) is 0.0538. The predicted molar refractivity (Wildman–Crippen MR) is 209 cm³/mol. The van der Waals surface area contributed by atoms with Crippen LogP contribution in [0.3, 0.4) is 0 Å². The molecule has 1 heterocycles. The average Bonchev–Trinajstić information content (AvgIpc) is 3.16. The number of hydrogen-bond acceptors (Lipinski definition) is 10. The van der Waals surface area contributed by atoms with Crippen molar-refractivity contribution >= 4 is 57.9 Å². The molecule has 16 heteroatoms. The van der Waals surface area contributed by atoms with Crippen LogP contribution in [0.5, 0.6) is 0 Å². The molecule has 0 saturated carbocycles. The Balaban J connectivity index is 1.40. The van der Waals surface area contributed by atoms with E-state index in [1.807, 2.05) is 43.3 Å². The topological polar surface area (TPSA) is 241 Å². The Bertz CT molecular complexity index is 1880. The molecule has 3 unspecified atom stereocenters. The molecule has 0 aromatic heterocycles. The number of benzene rings is 3. The average molecular weight is 774 g/mol. The number of nitrogens with two attached hydrogens (primary N) is 1. The van der Waals surface area contributed by atoms with Crippen molar-refractivity contribution in [3.05, 3.63) is 77.4 Å². The molecule has 56 heavy (non-hydrogen) atoms. The van der Waals surface area contributed by atoms with Crippen LogP contribution in [0.4, 0.5) is 5.69 Å². The maximum Gasteiger partial charge on any atom is 0.326 e. The summed E-state index contributed by atoms with van der Waals surface area (Å²) in [4.78, 5) is 92.0. The lowest BCUT2D eigenvalue weighted by atomic mass is 9.92. The second kappa shape index (κ2) is 20.7. The minimum atomic E-state index is -1.38. The van der Waals surface area contributed by atoms with Gasteiger partial charge in [-0.15, -0.1) is 0 Å². The van der Waals surface area contributed by atoms with Crippen LogP contribution in [0.15, 0.2) is 60.7 Å². The maximum absolute atomic E-state index is 13.7. The highest BCUT2D eigenvalue weighted by molar-refractivity contribution is 6.26. The number of hydrogen-bond donors (Lipinski definition) is 7. The van der Waals surface area contributed by atoms with Crippen LogP contribution in [0.2, 0.25) is 0 Å². The van der Waals surface area contributed by atoms with Crippen molar-refractivity contribution in [1.82, 2.24) is 26.2 Å². The van der Waals surface area contributed by atoms with Gasteiger partial charge in [-0.2, -0.15) is 0 Å². The van der Waals surface area contributed by atoms with Gasteiger partial charge < -0.3 is 42.1 Å². The van der Waals surface area contributed by atoms with E-state index in [9.17, 15) is 38.7 Å². The second-order valence-corrected chi connectivity index (χ2v) is 13.9. The summed E-state index contributed by atoms with van der Waals surface area (Å²) in [7, 11) is 3.72. The Labute approximate surface area is 325 Å². The summed E-state index contributed by atoms with van der Waals surface area (Å²) >= 11 is 0. The third kappa shape index (κ3) is 11.8. The molecule has 5 amide bonds. The summed E-state index contributed by atoms with van der Waals surface area (Å²) in [6, 6.07) is 15.1. The first-order chi connectivity index (χ1) is 26.8. The molecule has 8 N–H and O–H groups in total. The molecule has 3 aromatic rings. The number of carbonyl (C=O) groups excluding carboxylic acids is 5. The van der Waals surface area contributed by atoms with Crippen LogP contribution in [0.1, 0.15) is 71.2 Å². The summed E-state index contributed by atoms with van der Waals surface area (Å²) in [5.74, 6) is -5.53. The fraction of sp³-hybridized carbons (Fsp3) is 0.425. The molecule has 1 aliphatic rings. The molecule has 3 atom stereocenters. The van der Waals surface area contributed by atoms with E-state index in [2.05, 4.69) is 33.4 Å². The van der Waals surface area contributed by atoms with E-state index < -0.39 is 59.6 Å². The van der Waals surface area contributed by atoms with Crippen LogP contribution in [-0.4, -0.2) is 115 Å². The summed E-state index contributed by atoms with van der Waals surface area (Å²) in [5.41, 5.74) is 8.92. The second-order valence-electron chi connectivity index (χ2n) is 13.9. The largest absolute Gasteiger partial charge is 0.481 e. The highest BCUT2D eigenvalue weighted by Gasteiger charge is 2.35. The van der Waals surface area contributed by atoms with Crippen molar-refractivity contribution < 1.29 is 43.8 Å². The molecule has 3 aromatic carbocycles. The van der Waals surface area contributed by atoms with Gasteiger partial charge >= 0.3 is 11.9 Å². The van der Waals surface area contributed by atoms with E-state index in [1.54, 1.807) is 24.3 Å². The maximum atomic E-state index is 13.7. The Morgan fingerprint density at radius 1 is 0.750 bits per heavy atom. The highest BCUT2D eigenvalue weighted by Crippen LogP contribution is 2.35. The lowest BCUT2D eigenvalue weighted by molar-refractivity contribution is -0.142. The zero-order chi connectivity index (χ0) is 40.8. The molecular weight excluding hydrogens is 722 g/mol. The third-order valence-corrected chi connectivity index (χ3v) is 9.52. The zero-order valence-corrected chi connectivity index (χ0v) is 31.7. The summed E-state index contributed by atoms with van der Waals surface area (Å²) in [6.07, 6.45) is 1.22. The number of rotatable bonds is 23. The Morgan fingerprint density at radius 3 is 2.14 bits per heavy atom. The van der Waals surface area contributed by atoms with Gasteiger partial charge in [0.2, 0.25) is 17.7 Å². The Hall–Kier alpha value is -5.87. The molecule has 0 radical (unpaired) electrons. The van der Waals surface area contributed by atoms with E-state index in [0.717, 1.165) is 28.8 Å². The van der Waals surface area contributed by atoms with E-state index >= 15 is 0 Å². The molecule has 4 rings (SSSR count). The van der Waals surface area contributed by atoms with Crippen LogP contribution in [-0.2, 0) is 30.4 Å². The first-order valence-corrected chi connectivity index (χ1v) is 18.7. The van der Waals surface area contributed by atoms with Gasteiger partial charge in [0.1, 0.15) is 12.1 Å². The van der Waals surface area contributed by atoms with Crippen LogP contribution < -0.4 is 31.9 Å². The predicted octanol–water partition coefficient (Wildman–Crippen LogP) is 1.65. The molecule has 0 saturated heterocycles. The fourth-order valence-electron chi connectivity index (χ4n) is 6.49. The number of carboxylic acid groups (broad SMARTS) is 2. The number of aryl methyl sites for hydroxylation is 1. The van der Waals surface area contributed by atoms with Crippen molar-refractivity contribution in [1.29, 1.82) is 0 Å². The van der Waals surface area contributed by atoms with Gasteiger partial charge in [0.05, 0.1) is 6.04 Å². The van der Waals surface area contributed by atoms with Crippen molar-refractivity contribution in [3.8, 4) is 0 Å². The molecule has 0 bridgehead atoms. The van der Waals surface area contributed by atoms with Gasteiger partial charge in [0.25, 0.3) is 11.8 Å². The smallest absolute Gasteiger partial charge is 0.326 e. The standard InChI is InChI=1S/C40H51N7O9/c1-46(2)32-17-16-28-35-26(32)12-6-13-27(35)38(53)47(39(28)54)24-20-30(37(52)43-23-19-31(40(55)56)44-33(48)14-7-15-34(49)50)45-36(51)29(41)18-22-42-21-8-11-25-9-4-3-5-10-25/h3-6,9-10,12-13,16-17,29-31,42H,7-8,11,14-15,18-24,41H2,1-2H3,(H,43,52)(H,44,48)(H,45,51)(H,49,50)(H,55,56). The zero-order valence-electron chi connectivity index (χ0n) is 31.7. The highest BCUT2D eigenvalue weighted by atomic mass is 16.4. The van der Waals surface area contributed by atoms with Crippen molar-refractivity contribution in [2.75, 3.05) is 45.2 Å². The minimum absolute atomic E-state index is 0.0257. The Kier molecular flexibility index (Phi) is 15.9. The number of nitrogens with zero attached hydrogens (tertiary/aromatic N) is 2. The molecule has 1 aliphatic heterocycles. The van der Waals surface area contributed by atoms with Crippen molar-refractivity contribution in [2.24, 2.45) is 5.73 Å². The van der Waals surface area contributed by atoms with Crippen molar-refractivity contribution in [3.63, 3.8) is 0 Å². The minimum Gasteiger partial charge on any atom is -0.481 e. The fourth-order valence-corrected chi connectivity index (χ4v) is 6.49. The van der Waals surface area contributed by atoms with E-state index in [4.69, 9.17) is 10.8 Å². The van der Waals surface area contributed by atoms with Gasteiger partial charge in [-0.05, 0) is 75.4 Å². The van der Waals surface area contributed by atoms with Crippen molar-refractivity contribution in [2.45, 2.75) is 69.5 Å². The first kappa shape index (κ1) is 42.9. The van der Waals surface area contributed by atoms with Crippen LogP contribution in [0.25, 0.3) is 10.8 Å². The lowest BCUT2D eigenvalue weighted by Gasteiger charge is -2.30. The Morgan fingerprint density at radius 2 is 1.46 bits per heavy atom. The van der Waals surface area contributed by atoms with Gasteiger partial charge in [-0.25, -0.2) is 4.79 Å². The third-order valence-electron chi connectivity index (χ3n) is 9.52. The molecular formula is C40H51N7O9. The molecule has 16 nitrogen and oxygen atoms in total. The van der Waals surface area contributed by atoms with E-state index in [1.165, 1.54) is 5.56 Å². The summed E-state index contributed by atoms with van der Waals surface area (Å²) in [6.45, 7) is 0.695. The van der Waals surface area contributed by atoms with Gasteiger partial charge in [-0.3, -0.25) is 33.7 Å². The van der Waals surface area contributed by atoms with Crippen LogP contribution >= 0.6 is 0 Å². The number of amides is 5. The number of carboxylic acids is 2. The monoisotopic (exact) mass is 773 g/mol. The number of anilines is 1. The SMILES string of the molecule is CN(C)c1ccc2c3c(cccc13)C(=O)N(CCC(NC(=O)C(N)CCNCCCc1ccccc1)C(=O)NCCC(NC(=O)CCCC(=O)O)C(=O)O)C2=O. The molecule has 0 fully saturated rings. The first-order valence-electron chi connectivity index (χ1n) is 18.7. The summed E-state index contributed by atoms with van der Waals surface area (Å²) in [5, 5.41) is 30.5. The molecule has 0 aliphatic carbocycles. The number of carbonyl (C=O) groups is 7. The summed E-state index contributed by atoms with van der Waals surface area (Å²) < 4.78 is 0. The van der Waals surface area contributed by atoms with E-state index in [-0.39, 0.29) is 51.6 Å².